The normalized spacial score (nSPS) is 13.2. The molecule has 3 aromatic carbocycles. The van der Waals surface area contributed by atoms with Crippen LogP contribution in [0.2, 0.25) is 0 Å². The van der Waals surface area contributed by atoms with Crippen molar-refractivity contribution in [3.8, 4) is 0 Å². The molecule has 6 nitrogen and oxygen atoms in total. The van der Waals surface area contributed by atoms with Crippen LogP contribution in [0.15, 0.2) is 78.9 Å². The van der Waals surface area contributed by atoms with Crippen LogP contribution in [0.3, 0.4) is 0 Å². The monoisotopic (exact) mass is 413 g/mol. The molecule has 31 heavy (non-hydrogen) atoms. The summed E-state index contributed by atoms with van der Waals surface area (Å²) in [6, 6.07) is 23.2. The lowest BCUT2D eigenvalue weighted by Crippen LogP contribution is -2.24. The fourth-order valence-electron chi connectivity index (χ4n) is 3.61. The van der Waals surface area contributed by atoms with E-state index in [2.05, 4.69) is 10.6 Å². The van der Waals surface area contributed by atoms with E-state index in [1.807, 2.05) is 29.2 Å². The molecule has 0 bridgehead atoms. The van der Waals surface area contributed by atoms with Crippen LogP contribution in [-0.4, -0.2) is 29.2 Å². The van der Waals surface area contributed by atoms with Crippen molar-refractivity contribution in [1.82, 2.24) is 4.90 Å². The first-order valence-electron chi connectivity index (χ1n) is 10.2. The van der Waals surface area contributed by atoms with Gasteiger partial charge in [-0.25, -0.2) is 0 Å². The van der Waals surface area contributed by atoms with Gasteiger partial charge in [-0.15, -0.1) is 0 Å². The summed E-state index contributed by atoms with van der Waals surface area (Å²) >= 11 is 0. The number of likely N-dealkylation sites (tertiary alicyclic amines) is 1. The van der Waals surface area contributed by atoms with E-state index < -0.39 is 0 Å². The van der Waals surface area contributed by atoms with Crippen molar-refractivity contribution in [3.05, 3.63) is 95.6 Å². The van der Waals surface area contributed by atoms with Gasteiger partial charge in [-0.3, -0.25) is 14.4 Å². The van der Waals surface area contributed by atoms with Gasteiger partial charge in [-0.05, 0) is 48.4 Å². The van der Waals surface area contributed by atoms with Crippen LogP contribution in [-0.2, 0) is 11.3 Å². The molecular formula is C25H23N3O3. The third-order valence-electron chi connectivity index (χ3n) is 5.19. The average molecular weight is 413 g/mol. The van der Waals surface area contributed by atoms with Gasteiger partial charge in [0.05, 0.1) is 11.3 Å². The maximum Gasteiger partial charge on any atom is 0.257 e. The average Bonchev–Trinajstić information content (AvgIpc) is 3.19. The summed E-state index contributed by atoms with van der Waals surface area (Å²) in [6.45, 7) is 1.30. The summed E-state index contributed by atoms with van der Waals surface area (Å²) in [5, 5.41) is 5.71. The molecule has 156 valence electrons. The number of hydrogen-bond acceptors (Lipinski definition) is 3. The molecule has 1 fully saturated rings. The Morgan fingerprint density at radius 2 is 1.61 bits per heavy atom. The third kappa shape index (κ3) is 4.98. The molecule has 0 unspecified atom stereocenters. The van der Waals surface area contributed by atoms with Gasteiger partial charge < -0.3 is 15.5 Å². The number of hydrogen-bond donors (Lipinski definition) is 2. The van der Waals surface area contributed by atoms with Crippen LogP contribution < -0.4 is 10.6 Å². The van der Waals surface area contributed by atoms with Gasteiger partial charge in [-0.2, -0.15) is 0 Å². The molecule has 3 amide bonds. The molecule has 0 radical (unpaired) electrons. The lowest BCUT2D eigenvalue weighted by atomic mass is 10.1. The Morgan fingerprint density at radius 1 is 0.839 bits per heavy atom. The number of benzene rings is 3. The predicted octanol–water partition coefficient (Wildman–Crippen LogP) is 4.31. The van der Waals surface area contributed by atoms with Crippen molar-refractivity contribution in [2.24, 2.45) is 0 Å². The Labute approximate surface area is 180 Å². The number of para-hydroxylation sites is 1. The zero-order valence-corrected chi connectivity index (χ0v) is 17.0. The number of rotatable bonds is 6. The topological polar surface area (TPSA) is 78.5 Å². The molecule has 4 rings (SSSR count). The fraction of sp³-hybridized carbons (Fsp3) is 0.160. The minimum absolute atomic E-state index is 0.164. The standard InChI is InChI=1S/C25H23N3O3/c29-23-14-7-15-28(23)17-18-8-6-11-20(16-18)26-25(31)21-12-4-5-13-22(21)27-24(30)19-9-2-1-3-10-19/h1-6,8-13,16H,7,14-15,17H2,(H,26,31)(H,27,30). The summed E-state index contributed by atoms with van der Waals surface area (Å²) in [7, 11) is 0. The number of carbonyl (C=O) groups excluding carboxylic acids is 3. The summed E-state index contributed by atoms with van der Waals surface area (Å²) in [4.78, 5) is 39.1. The Kier molecular flexibility index (Phi) is 6.08. The molecule has 6 heteroatoms. The lowest BCUT2D eigenvalue weighted by molar-refractivity contribution is -0.128. The molecular weight excluding hydrogens is 390 g/mol. The maximum atomic E-state index is 12.9. The summed E-state index contributed by atoms with van der Waals surface area (Å²) in [6.07, 6.45) is 1.49. The van der Waals surface area contributed by atoms with Crippen LogP contribution in [0.1, 0.15) is 39.1 Å². The van der Waals surface area contributed by atoms with Gasteiger partial charge in [0.1, 0.15) is 0 Å². The first-order chi connectivity index (χ1) is 15.1. The number of anilines is 2. The first kappa shape index (κ1) is 20.3. The number of nitrogens with zero attached hydrogens (tertiary/aromatic N) is 1. The largest absolute Gasteiger partial charge is 0.338 e. The van der Waals surface area contributed by atoms with E-state index in [1.54, 1.807) is 54.6 Å². The molecule has 0 atom stereocenters. The molecule has 1 saturated heterocycles. The van der Waals surface area contributed by atoms with Gasteiger partial charge in [0.15, 0.2) is 0 Å². The molecule has 3 aromatic rings. The molecule has 1 aliphatic heterocycles. The Balaban J connectivity index is 1.47. The second-order valence-electron chi connectivity index (χ2n) is 7.44. The second-order valence-corrected chi connectivity index (χ2v) is 7.44. The molecule has 0 aliphatic carbocycles. The van der Waals surface area contributed by atoms with Crippen molar-refractivity contribution in [1.29, 1.82) is 0 Å². The quantitative estimate of drug-likeness (QED) is 0.632. The van der Waals surface area contributed by atoms with Gasteiger partial charge >= 0.3 is 0 Å². The maximum absolute atomic E-state index is 12.9. The van der Waals surface area contributed by atoms with E-state index in [0.29, 0.717) is 35.5 Å². The summed E-state index contributed by atoms with van der Waals surface area (Å²) in [5.41, 5.74) is 2.92. The highest BCUT2D eigenvalue weighted by Crippen LogP contribution is 2.20. The molecule has 0 spiro atoms. The van der Waals surface area contributed by atoms with Gasteiger partial charge in [0, 0.05) is 30.8 Å². The SMILES string of the molecule is O=C(Nc1ccccc1C(=O)Nc1cccc(CN2CCCC2=O)c1)c1ccccc1. The van der Waals surface area contributed by atoms with Crippen LogP contribution in [0.4, 0.5) is 11.4 Å². The lowest BCUT2D eigenvalue weighted by Gasteiger charge is -2.16. The molecule has 1 heterocycles. The zero-order chi connectivity index (χ0) is 21.6. The van der Waals surface area contributed by atoms with Crippen molar-refractivity contribution in [2.45, 2.75) is 19.4 Å². The van der Waals surface area contributed by atoms with Crippen molar-refractivity contribution >= 4 is 29.1 Å². The highest BCUT2D eigenvalue weighted by Gasteiger charge is 2.20. The van der Waals surface area contributed by atoms with Crippen LogP contribution in [0, 0.1) is 0 Å². The highest BCUT2D eigenvalue weighted by molar-refractivity contribution is 6.12. The molecule has 0 aromatic heterocycles. The molecule has 2 N–H and O–H groups in total. The Hall–Kier alpha value is -3.93. The fourth-order valence-corrected chi connectivity index (χ4v) is 3.61. The van der Waals surface area contributed by atoms with Crippen molar-refractivity contribution in [2.75, 3.05) is 17.2 Å². The van der Waals surface area contributed by atoms with Crippen molar-refractivity contribution < 1.29 is 14.4 Å². The second kappa shape index (κ2) is 9.26. The highest BCUT2D eigenvalue weighted by atomic mass is 16.2. The van der Waals surface area contributed by atoms with E-state index in [-0.39, 0.29) is 17.7 Å². The minimum atomic E-state index is -0.321. The van der Waals surface area contributed by atoms with Crippen LogP contribution in [0.5, 0.6) is 0 Å². The summed E-state index contributed by atoms with van der Waals surface area (Å²) in [5.74, 6) is -0.436. The smallest absolute Gasteiger partial charge is 0.257 e. The van der Waals surface area contributed by atoms with E-state index in [4.69, 9.17) is 0 Å². The predicted molar refractivity (Wildman–Crippen MR) is 120 cm³/mol. The van der Waals surface area contributed by atoms with Crippen molar-refractivity contribution in [3.63, 3.8) is 0 Å². The number of carbonyl (C=O) groups is 3. The third-order valence-corrected chi connectivity index (χ3v) is 5.19. The van der Waals surface area contributed by atoms with E-state index >= 15 is 0 Å². The van der Waals surface area contributed by atoms with E-state index in [9.17, 15) is 14.4 Å². The van der Waals surface area contributed by atoms with Gasteiger partial charge in [0.2, 0.25) is 5.91 Å². The molecule has 0 saturated carbocycles. The van der Waals surface area contributed by atoms with E-state index in [0.717, 1.165) is 18.5 Å². The number of nitrogens with one attached hydrogen (secondary N) is 2. The first-order valence-corrected chi connectivity index (χ1v) is 10.2. The Bertz CT molecular complexity index is 1110. The van der Waals surface area contributed by atoms with Crippen LogP contribution in [0.25, 0.3) is 0 Å². The number of amides is 3. The minimum Gasteiger partial charge on any atom is -0.338 e. The van der Waals surface area contributed by atoms with Crippen LogP contribution >= 0.6 is 0 Å². The zero-order valence-electron chi connectivity index (χ0n) is 17.0. The van der Waals surface area contributed by atoms with Gasteiger partial charge in [0.25, 0.3) is 11.8 Å². The van der Waals surface area contributed by atoms with Gasteiger partial charge in [-0.1, -0.05) is 42.5 Å². The summed E-state index contributed by atoms with van der Waals surface area (Å²) < 4.78 is 0. The molecule has 1 aliphatic rings. The van der Waals surface area contributed by atoms with E-state index in [1.165, 1.54) is 0 Å². The Morgan fingerprint density at radius 3 is 2.39 bits per heavy atom.